The first-order valence-electron chi connectivity index (χ1n) is 9.04. The Morgan fingerprint density at radius 1 is 1.20 bits per heavy atom. The molecule has 132 valence electrons. The second-order valence-corrected chi connectivity index (χ2v) is 8.19. The lowest BCUT2D eigenvalue weighted by Gasteiger charge is -2.41. The molecule has 0 bridgehead atoms. The Balaban J connectivity index is 1.52. The van der Waals surface area contributed by atoms with Gasteiger partial charge < -0.3 is 4.90 Å². The van der Waals surface area contributed by atoms with Gasteiger partial charge in [0, 0.05) is 17.6 Å². The highest BCUT2D eigenvalue weighted by Gasteiger charge is 2.32. The number of rotatable bonds is 2. The third kappa shape index (κ3) is 3.36. The van der Waals surface area contributed by atoms with Crippen LogP contribution in [0.4, 0.5) is 0 Å². The van der Waals surface area contributed by atoms with Crippen molar-refractivity contribution in [2.75, 3.05) is 13.1 Å². The van der Waals surface area contributed by atoms with Gasteiger partial charge in [-0.1, -0.05) is 35.2 Å². The Bertz CT molecular complexity index is 863. The van der Waals surface area contributed by atoms with Crippen LogP contribution in [0.5, 0.6) is 0 Å². The number of halogens is 1. The monoisotopic (exact) mass is 403 g/mol. The zero-order valence-electron chi connectivity index (χ0n) is 14.2. The number of carbonyl (C=O) groups is 1. The van der Waals surface area contributed by atoms with Crippen molar-refractivity contribution in [2.45, 2.75) is 38.6 Å². The van der Waals surface area contributed by atoms with Crippen molar-refractivity contribution in [3.8, 4) is 0 Å². The Morgan fingerprint density at radius 2 is 2.00 bits per heavy atom. The van der Waals surface area contributed by atoms with Gasteiger partial charge in [0.05, 0.1) is 17.2 Å². The summed E-state index contributed by atoms with van der Waals surface area (Å²) in [4.78, 5) is 31.7. The summed E-state index contributed by atoms with van der Waals surface area (Å²) in [5.74, 6) is 1.47. The molecule has 1 aromatic carbocycles. The molecule has 2 fully saturated rings. The number of benzene rings is 1. The summed E-state index contributed by atoms with van der Waals surface area (Å²) in [6.45, 7) is 1.75. The summed E-state index contributed by atoms with van der Waals surface area (Å²) in [5.41, 5.74) is 0.493. The van der Waals surface area contributed by atoms with Crippen LogP contribution in [-0.4, -0.2) is 33.4 Å². The number of likely N-dealkylation sites (tertiary alicyclic amines) is 1. The predicted octanol–water partition coefficient (Wildman–Crippen LogP) is 3.20. The first-order chi connectivity index (χ1) is 12.1. The van der Waals surface area contributed by atoms with Crippen molar-refractivity contribution in [3.63, 3.8) is 0 Å². The van der Waals surface area contributed by atoms with Crippen LogP contribution in [0, 0.1) is 11.8 Å². The fraction of sp³-hybridized carbons (Fsp3) is 0.526. The molecule has 0 unspecified atom stereocenters. The molecule has 1 aliphatic carbocycles. The van der Waals surface area contributed by atoms with E-state index in [1.807, 2.05) is 11.0 Å². The minimum atomic E-state index is -0.160. The molecule has 25 heavy (non-hydrogen) atoms. The highest BCUT2D eigenvalue weighted by molar-refractivity contribution is 9.10. The van der Waals surface area contributed by atoms with Crippen LogP contribution >= 0.6 is 15.9 Å². The van der Waals surface area contributed by atoms with Gasteiger partial charge in [-0.25, -0.2) is 4.98 Å². The summed E-state index contributed by atoms with van der Waals surface area (Å²) >= 11 is 3.39. The summed E-state index contributed by atoms with van der Waals surface area (Å²) in [6, 6.07) is 5.43. The highest BCUT2D eigenvalue weighted by atomic mass is 79.9. The zero-order valence-corrected chi connectivity index (χ0v) is 15.7. The third-order valence-electron chi connectivity index (χ3n) is 5.74. The SMILES string of the molecule is O=C(Cn1cnc2ccc(Br)cc2c1=O)N1CC[C@H]2CCCC[C@H]2C1. The van der Waals surface area contributed by atoms with Gasteiger partial charge in [0.15, 0.2) is 0 Å². The molecule has 1 saturated heterocycles. The maximum absolute atomic E-state index is 12.7. The predicted molar refractivity (Wildman–Crippen MR) is 100 cm³/mol. The fourth-order valence-corrected chi connectivity index (χ4v) is 4.68. The molecule has 2 heterocycles. The second-order valence-electron chi connectivity index (χ2n) is 7.27. The molecule has 5 nitrogen and oxygen atoms in total. The molecule has 6 heteroatoms. The molecule has 1 saturated carbocycles. The second kappa shape index (κ2) is 6.90. The minimum absolute atomic E-state index is 0.0299. The molecule has 1 amide bonds. The molecule has 4 rings (SSSR count). The molecule has 0 spiro atoms. The molecule has 2 aromatic rings. The van der Waals surface area contributed by atoms with E-state index in [-0.39, 0.29) is 18.0 Å². The van der Waals surface area contributed by atoms with E-state index in [4.69, 9.17) is 0 Å². The number of piperidine rings is 1. The van der Waals surface area contributed by atoms with Gasteiger partial charge in [0.1, 0.15) is 6.54 Å². The van der Waals surface area contributed by atoms with Crippen molar-refractivity contribution in [1.82, 2.24) is 14.5 Å². The van der Waals surface area contributed by atoms with Crippen molar-refractivity contribution in [3.05, 3.63) is 39.4 Å². The summed E-state index contributed by atoms with van der Waals surface area (Å²) in [7, 11) is 0. The number of aromatic nitrogens is 2. The van der Waals surface area contributed by atoms with E-state index in [0.717, 1.165) is 29.9 Å². The minimum Gasteiger partial charge on any atom is -0.341 e. The van der Waals surface area contributed by atoms with E-state index >= 15 is 0 Å². The van der Waals surface area contributed by atoms with Crippen molar-refractivity contribution < 1.29 is 4.79 Å². The van der Waals surface area contributed by atoms with Crippen molar-refractivity contribution >= 4 is 32.7 Å². The van der Waals surface area contributed by atoms with Crippen molar-refractivity contribution in [1.29, 1.82) is 0 Å². The van der Waals surface area contributed by atoms with Gasteiger partial charge in [-0.2, -0.15) is 0 Å². The maximum atomic E-state index is 12.7. The largest absolute Gasteiger partial charge is 0.341 e. The molecule has 2 atom stereocenters. The maximum Gasteiger partial charge on any atom is 0.261 e. The Morgan fingerprint density at radius 3 is 2.84 bits per heavy atom. The van der Waals surface area contributed by atoms with E-state index in [9.17, 15) is 9.59 Å². The normalized spacial score (nSPS) is 23.5. The average Bonchev–Trinajstić information content (AvgIpc) is 2.64. The van der Waals surface area contributed by atoms with E-state index in [0.29, 0.717) is 16.8 Å². The number of hydrogen-bond donors (Lipinski definition) is 0. The molecule has 0 N–H and O–H groups in total. The van der Waals surface area contributed by atoms with Crippen LogP contribution in [0.15, 0.2) is 33.8 Å². The van der Waals surface area contributed by atoms with Gasteiger partial charge in [0.25, 0.3) is 5.56 Å². The summed E-state index contributed by atoms with van der Waals surface area (Å²) < 4.78 is 2.27. The number of fused-ring (bicyclic) bond motifs is 2. The van der Waals surface area contributed by atoms with Gasteiger partial charge in [-0.15, -0.1) is 0 Å². The molecular formula is C19H22BrN3O2. The fourth-order valence-electron chi connectivity index (χ4n) is 4.32. The van der Waals surface area contributed by atoms with Crippen LogP contribution in [-0.2, 0) is 11.3 Å². The van der Waals surface area contributed by atoms with Crippen molar-refractivity contribution in [2.24, 2.45) is 11.8 Å². The lowest BCUT2D eigenvalue weighted by Crippen LogP contribution is -2.46. The molecule has 0 radical (unpaired) electrons. The number of hydrogen-bond acceptors (Lipinski definition) is 3. The molecule has 1 aliphatic heterocycles. The summed E-state index contributed by atoms with van der Waals surface area (Å²) in [5, 5.41) is 0.538. The van der Waals surface area contributed by atoms with Crippen LogP contribution < -0.4 is 5.56 Å². The number of amides is 1. The zero-order chi connectivity index (χ0) is 17.4. The van der Waals surface area contributed by atoms with Gasteiger partial charge in [-0.3, -0.25) is 14.2 Å². The van der Waals surface area contributed by atoms with Crippen LogP contribution in [0.3, 0.4) is 0 Å². The third-order valence-corrected chi connectivity index (χ3v) is 6.23. The topological polar surface area (TPSA) is 55.2 Å². The quantitative estimate of drug-likeness (QED) is 0.773. The molecular weight excluding hydrogens is 382 g/mol. The van der Waals surface area contributed by atoms with E-state index in [2.05, 4.69) is 20.9 Å². The van der Waals surface area contributed by atoms with Gasteiger partial charge >= 0.3 is 0 Å². The average molecular weight is 404 g/mol. The molecule has 1 aromatic heterocycles. The smallest absolute Gasteiger partial charge is 0.261 e. The Kier molecular flexibility index (Phi) is 4.63. The Hall–Kier alpha value is -1.69. The van der Waals surface area contributed by atoms with Crippen LogP contribution in [0.2, 0.25) is 0 Å². The number of carbonyl (C=O) groups excluding carboxylic acids is 1. The van der Waals surface area contributed by atoms with Crippen LogP contribution in [0.1, 0.15) is 32.1 Å². The Labute approximate surface area is 155 Å². The highest BCUT2D eigenvalue weighted by Crippen LogP contribution is 2.36. The first-order valence-corrected chi connectivity index (χ1v) is 9.83. The summed E-state index contributed by atoms with van der Waals surface area (Å²) in [6.07, 6.45) is 7.77. The van der Waals surface area contributed by atoms with E-state index in [1.165, 1.54) is 36.6 Å². The standard InChI is InChI=1S/C19H22BrN3O2/c20-15-5-6-17-16(9-15)19(25)23(12-21-17)11-18(24)22-8-7-13-3-1-2-4-14(13)10-22/h5-6,9,12-14H,1-4,7-8,10-11H2/t13-,14+/m1/s1. The lowest BCUT2D eigenvalue weighted by molar-refractivity contribution is -0.135. The van der Waals surface area contributed by atoms with E-state index < -0.39 is 0 Å². The van der Waals surface area contributed by atoms with Gasteiger partial charge in [-0.05, 0) is 42.9 Å². The van der Waals surface area contributed by atoms with Gasteiger partial charge in [0.2, 0.25) is 5.91 Å². The number of nitrogens with zero attached hydrogens (tertiary/aromatic N) is 3. The van der Waals surface area contributed by atoms with E-state index in [1.54, 1.807) is 12.1 Å². The lowest BCUT2D eigenvalue weighted by atomic mass is 9.75. The van der Waals surface area contributed by atoms with Crippen LogP contribution in [0.25, 0.3) is 10.9 Å². The molecule has 2 aliphatic rings. The first kappa shape index (κ1) is 16.8.